The molecule has 1 N–H and O–H groups in total. The van der Waals surface area contributed by atoms with Gasteiger partial charge < -0.3 is 10.2 Å². The third-order valence-electron chi connectivity index (χ3n) is 3.67. The van der Waals surface area contributed by atoms with E-state index < -0.39 is 0 Å². The summed E-state index contributed by atoms with van der Waals surface area (Å²) in [6.07, 6.45) is 3.87. The predicted octanol–water partition coefficient (Wildman–Crippen LogP) is 1.53. The molecule has 1 aromatic heterocycles. The third-order valence-corrected chi connectivity index (χ3v) is 3.67. The molecule has 4 nitrogen and oxygen atoms in total. The van der Waals surface area contributed by atoms with Crippen molar-refractivity contribution in [2.24, 2.45) is 0 Å². The zero-order valence-corrected chi connectivity index (χ0v) is 10.4. The van der Waals surface area contributed by atoms with Gasteiger partial charge in [0.05, 0.1) is 5.56 Å². The predicted molar refractivity (Wildman–Crippen MR) is 67.9 cm³/mol. The number of rotatable bonds is 2. The van der Waals surface area contributed by atoms with Crippen molar-refractivity contribution in [3.05, 3.63) is 23.9 Å². The Balaban J connectivity index is 2.03. The second-order valence-electron chi connectivity index (χ2n) is 4.81. The summed E-state index contributed by atoms with van der Waals surface area (Å²) in [6, 6.07) is 5.85. The molecule has 0 bridgehead atoms. The Hall–Kier alpha value is -1.60. The van der Waals surface area contributed by atoms with Gasteiger partial charge in [-0.3, -0.25) is 0 Å². The Labute approximate surface area is 102 Å². The molecule has 1 aliphatic heterocycles. The summed E-state index contributed by atoms with van der Waals surface area (Å²) in [4.78, 5) is 6.61. The van der Waals surface area contributed by atoms with Crippen LogP contribution in [0.2, 0.25) is 0 Å². The van der Waals surface area contributed by atoms with Gasteiger partial charge in [-0.1, -0.05) is 0 Å². The van der Waals surface area contributed by atoms with E-state index >= 15 is 0 Å². The maximum Gasteiger partial charge on any atom is 0.128 e. The van der Waals surface area contributed by atoms with Crippen LogP contribution in [0.5, 0.6) is 0 Å². The lowest BCUT2D eigenvalue weighted by atomic mass is 9.90. The first-order valence-electron chi connectivity index (χ1n) is 5.97. The van der Waals surface area contributed by atoms with Gasteiger partial charge in [-0.15, -0.1) is 0 Å². The number of hydrogen-bond donors (Lipinski definition) is 1. The lowest BCUT2D eigenvalue weighted by molar-refractivity contribution is 0.304. The van der Waals surface area contributed by atoms with Crippen LogP contribution in [0, 0.1) is 11.3 Å². The molecule has 0 aromatic carbocycles. The van der Waals surface area contributed by atoms with Gasteiger partial charge in [-0.2, -0.15) is 5.26 Å². The van der Waals surface area contributed by atoms with Gasteiger partial charge in [0.15, 0.2) is 0 Å². The minimum absolute atomic E-state index is 0.253. The largest absolute Gasteiger partial charge is 0.356 e. The van der Waals surface area contributed by atoms with Crippen molar-refractivity contribution >= 4 is 5.82 Å². The monoisotopic (exact) mass is 230 g/mol. The second kappa shape index (κ2) is 4.72. The first kappa shape index (κ1) is 11.9. The molecular formula is C13H18N4. The minimum atomic E-state index is 0.253. The lowest BCUT2D eigenvalue weighted by Crippen LogP contribution is -2.50. The van der Waals surface area contributed by atoms with Crippen LogP contribution < -0.4 is 10.2 Å². The van der Waals surface area contributed by atoms with E-state index in [0.717, 1.165) is 31.7 Å². The number of nitrogens with zero attached hydrogens (tertiary/aromatic N) is 3. The fourth-order valence-corrected chi connectivity index (χ4v) is 2.12. The molecule has 2 heterocycles. The molecule has 0 saturated carbocycles. The van der Waals surface area contributed by atoms with Crippen molar-refractivity contribution in [1.82, 2.24) is 10.3 Å². The molecular weight excluding hydrogens is 212 g/mol. The number of nitrogens with one attached hydrogen (secondary N) is 1. The van der Waals surface area contributed by atoms with E-state index in [4.69, 9.17) is 5.26 Å². The van der Waals surface area contributed by atoms with Crippen LogP contribution in [0.1, 0.15) is 25.3 Å². The van der Waals surface area contributed by atoms with E-state index in [2.05, 4.69) is 28.2 Å². The molecule has 0 amide bonds. The van der Waals surface area contributed by atoms with Crippen LogP contribution in [0.15, 0.2) is 18.3 Å². The molecule has 1 fully saturated rings. The van der Waals surface area contributed by atoms with Gasteiger partial charge in [0.25, 0.3) is 0 Å². The maximum absolute atomic E-state index is 8.73. The first-order valence-corrected chi connectivity index (χ1v) is 5.97. The number of nitriles is 1. The molecule has 4 heteroatoms. The van der Waals surface area contributed by atoms with Crippen molar-refractivity contribution < 1.29 is 0 Å². The topological polar surface area (TPSA) is 52.0 Å². The highest BCUT2D eigenvalue weighted by molar-refractivity contribution is 5.42. The summed E-state index contributed by atoms with van der Waals surface area (Å²) in [7, 11) is 2.02. The fraction of sp³-hybridized carbons (Fsp3) is 0.538. The average Bonchev–Trinajstić information content (AvgIpc) is 2.40. The van der Waals surface area contributed by atoms with Gasteiger partial charge >= 0.3 is 0 Å². The van der Waals surface area contributed by atoms with Gasteiger partial charge in [0.2, 0.25) is 0 Å². The quantitative estimate of drug-likeness (QED) is 0.837. The van der Waals surface area contributed by atoms with Crippen molar-refractivity contribution in [3.8, 4) is 6.07 Å². The lowest BCUT2D eigenvalue weighted by Gasteiger charge is -2.39. The summed E-state index contributed by atoms with van der Waals surface area (Å²) in [5, 5.41) is 12.1. The maximum atomic E-state index is 8.73. The van der Waals surface area contributed by atoms with Crippen LogP contribution >= 0.6 is 0 Å². The Morgan fingerprint density at radius 1 is 1.41 bits per heavy atom. The normalized spacial score (nSPS) is 18.8. The fourth-order valence-electron chi connectivity index (χ4n) is 2.12. The number of anilines is 1. The average molecular weight is 230 g/mol. The van der Waals surface area contributed by atoms with Crippen LogP contribution in [0.25, 0.3) is 0 Å². The molecule has 0 unspecified atom stereocenters. The Morgan fingerprint density at radius 3 is 2.59 bits per heavy atom. The minimum Gasteiger partial charge on any atom is -0.356 e. The summed E-state index contributed by atoms with van der Waals surface area (Å²) in [5.74, 6) is 0.974. The molecule has 17 heavy (non-hydrogen) atoms. The van der Waals surface area contributed by atoms with E-state index in [1.54, 1.807) is 6.20 Å². The van der Waals surface area contributed by atoms with Crippen LogP contribution in [-0.4, -0.2) is 30.7 Å². The number of aromatic nitrogens is 1. The van der Waals surface area contributed by atoms with E-state index in [0.29, 0.717) is 5.56 Å². The smallest absolute Gasteiger partial charge is 0.128 e. The molecule has 1 aromatic rings. The van der Waals surface area contributed by atoms with Crippen LogP contribution in [0.4, 0.5) is 5.82 Å². The van der Waals surface area contributed by atoms with E-state index in [1.165, 1.54) is 0 Å². The number of hydrogen-bond acceptors (Lipinski definition) is 4. The molecule has 1 aliphatic rings. The summed E-state index contributed by atoms with van der Waals surface area (Å²) < 4.78 is 0. The Morgan fingerprint density at radius 2 is 2.12 bits per heavy atom. The molecule has 1 saturated heterocycles. The van der Waals surface area contributed by atoms with E-state index in [-0.39, 0.29) is 5.54 Å². The van der Waals surface area contributed by atoms with Crippen LogP contribution in [0.3, 0.4) is 0 Å². The van der Waals surface area contributed by atoms with E-state index in [9.17, 15) is 0 Å². The summed E-state index contributed by atoms with van der Waals surface area (Å²) in [5.41, 5.74) is 0.870. The van der Waals surface area contributed by atoms with E-state index in [1.807, 2.05) is 19.2 Å². The molecule has 0 spiro atoms. The van der Waals surface area contributed by atoms with Gasteiger partial charge in [-0.25, -0.2) is 4.98 Å². The molecule has 0 radical (unpaired) electrons. The third kappa shape index (κ3) is 2.56. The molecule has 2 rings (SSSR count). The van der Waals surface area contributed by atoms with Crippen LogP contribution in [-0.2, 0) is 0 Å². The van der Waals surface area contributed by atoms with Crippen molar-refractivity contribution in [1.29, 1.82) is 5.26 Å². The molecule has 0 atom stereocenters. The first-order chi connectivity index (χ1) is 8.17. The standard InChI is InChI=1S/C13H18N4/c1-13(15-2)5-7-17(8-6-13)12-4-3-11(9-14)10-16-12/h3-4,10,15H,5-8H2,1-2H3. The zero-order chi connectivity index (χ0) is 12.3. The highest BCUT2D eigenvalue weighted by Crippen LogP contribution is 2.24. The highest BCUT2D eigenvalue weighted by Gasteiger charge is 2.28. The number of piperidine rings is 1. The Bertz CT molecular complexity index is 410. The molecule has 0 aliphatic carbocycles. The Kier molecular flexibility index (Phi) is 3.30. The van der Waals surface area contributed by atoms with Gasteiger partial charge in [0.1, 0.15) is 11.9 Å². The van der Waals surface area contributed by atoms with Gasteiger partial charge in [0, 0.05) is 24.8 Å². The SMILES string of the molecule is CNC1(C)CCN(c2ccc(C#N)cn2)CC1. The molecule has 90 valence electrons. The van der Waals surface area contributed by atoms with Crippen molar-refractivity contribution in [2.75, 3.05) is 25.0 Å². The van der Waals surface area contributed by atoms with Crippen molar-refractivity contribution in [2.45, 2.75) is 25.3 Å². The highest BCUT2D eigenvalue weighted by atomic mass is 15.2. The zero-order valence-electron chi connectivity index (χ0n) is 10.4. The van der Waals surface area contributed by atoms with Crippen molar-refractivity contribution in [3.63, 3.8) is 0 Å². The second-order valence-corrected chi connectivity index (χ2v) is 4.81. The summed E-state index contributed by atoms with van der Waals surface area (Å²) >= 11 is 0. The summed E-state index contributed by atoms with van der Waals surface area (Å²) in [6.45, 7) is 4.28. The number of pyridine rings is 1. The van der Waals surface area contributed by atoms with Gasteiger partial charge in [-0.05, 0) is 38.9 Å².